The van der Waals surface area contributed by atoms with Crippen molar-refractivity contribution in [2.24, 2.45) is 0 Å². The molecule has 0 bridgehead atoms. The third-order valence-corrected chi connectivity index (χ3v) is 4.22. The lowest BCUT2D eigenvalue weighted by atomic mass is 10.1. The van der Waals surface area contributed by atoms with Gasteiger partial charge in [0, 0.05) is 32.3 Å². The van der Waals surface area contributed by atoms with Gasteiger partial charge in [0.05, 0.1) is 5.02 Å². The maximum absolute atomic E-state index is 14.2. The highest BCUT2D eigenvalue weighted by molar-refractivity contribution is 6.32. The minimum Gasteiger partial charge on any atom is -0.482 e. The summed E-state index contributed by atoms with van der Waals surface area (Å²) in [6.45, 7) is 5.31. The summed E-state index contributed by atoms with van der Waals surface area (Å²) in [5, 5.41) is 5.98. The standard InChI is InChI=1S/C18H21ClFN3O2/c1-10-5-6-14(20)16(17(10)19)11(2)25-15-7-13(8-22-12(3)24)9-23-18(15)21-4/h5-7,9,11H,8H2,1-4H3,(H,21,23)(H,22,24). The summed E-state index contributed by atoms with van der Waals surface area (Å²) in [6.07, 6.45) is 1.02. The van der Waals surface area contributed by atoms with Crippen LogP contribution in [0.25, 0.3) is 0 Å². The van der Waals surface area contributed by atoms with Gasteiger partial charge in [0.2, 0.25) is 5.91 Å². The van der Waals surface area contributed by atoms with Gasteiger partial charge in [-0.15, -0.1) is 0 Å². The van der Waals surface area contributed by atoms with Crippen molar-refractivity contribution >= 4 is 23.3 Å². The Hall–Kier alpha value is -2.34. The smallest absolute Gasteiger partial charge is 0.217 e. The number of carbonyl (C=O) groups is 1. The number of nitrogens with zero attached hydrogens (tertiary/aromatic N) is 1. The van der Waals surface area contributed by atoms with E-state index in [-0.39, 0.29) is 5.91 Å². The summed E-state index contributed by atoms with van der Waals surface area (Å²) < 4.78 is 20.1. The van der Waals surface area contributed by atoms with Gasteiger partial charge in [-0.25, -0.2) is 9.37 Å². The highest BCUT2D eigenvalue weighted by Gasteiger charge is 2.20. The number of aromatic nitrogens is 1. The van der Waals surface area contributed by atoms with Crippen LogP contribution in [-0.2, 0) is 11.3 Å². The molecule has 0 saturated carbocycles. The van der Waals surface area contributed by atoms with Gasteiger partial charge in [-0.05, 0) is 37.1 Å². The van der Waals surface area contributed by atoms with E-state index in [9.17, 15) is 9.18 Å². The number of hydrogen-bond donors (Lipinski definition) is 2. The van der Waals surface area contributed by atoms with Crippen LogP contribution in [-0.4, -0.2) is 17.9 Å². The lowest BCUT2D eigenvalue weighted by molar-refractivity contribution is -0.119. The highest BCUT2D eigenvalue weighted by Crippen LogP contribution is 2.34. The van der Waals surface area contributed by atoms with Crippen LogP contribution in [0.3, 0.4) is 0 Å². The van der Waals surface area contributed by atoms with Crippen LogP contribution in [0.4, 0.5) is 10.2 Å². The summed E-state index contributed by atoms with van der Waals surface area (Å²) in [5.74, 6) is 0.413. The zero-order valence-corrected chi connectivity index (χ0v) is 15.4. The SMILES string of the molecule is CNc1ncc(CNC(C)=O)cc1OC(C)c1c(F)ccc(C)c1Cl. The molecule has 1 amide bonds. The topological polar surface area (TPSA) is 63.2 Å². The Morgan fingerprint density at radius 2 is 2.16 bits per heavy atom. The fourth-order valence-electron chi connectivity index (χ4n) is 2.39. The molecule has 134 valence electrons. The zero-order valence-electron chi connectivity index (χ0n) is 14.6. The monoisotopic (exact) mass is 365 g/mol. The number of hydrogen-bond acceptors (Lipinski definition) is 4. The zero-order chi connectivity index (χ0) is 18.6. The molecule has 0 aliphatic heterocycles. The minimum atomic E-state index is -0.614. The van der Waals surface area contributed by atoms with E-state index in [1.807, 2.05) is 6.92 Å². The largest absolute Gasteiger partial charge is 0.482 e. The van der Waals surface area contributed by atoms with E-state index in [2.05, 4.69) is 15.6 Å². The molecule has 0 aliphatic carbocycles. The first-order valence-electron chi connectivity index (χ1n) is 7.85. The molecule has 2 aromatic rings. The molecule has 0 saturated heterocycles. The lowest BCUT2D eigenvalue weighted by Gasteiger charge is -2.20. The van der Waals surface area contributed by atoms with Crippen LogP contribution < -0.4 is 15.4 Å². The molecule has 25 heavy (non-hydrogen) atoms. The first-order valence-corrected chi connectivity index (χ1v) is 8.23. The van der Waals surface area contributed by atoms with Crippen LogP contribution in [0.2, 0.25) is 5.02 Å². The second-order valence-corrected chi connectivity index (χ2v) is 6.08. The van der Waals surface area contributed by atoms with Gasteiger partial charge in [-0.1, -0.05) is 17.7 Å². The van der Waals surface area contributed by atoms with Gasteiger partial charge in [-0.2, -0.15) is 0 Å². The van der Waals surface area contributed by atoms with Crippen LogP contribution in [0, 0.1) is 12.7 Å². The Labute approximate surface area is 151 Å². The van der Waals surface area contributed by atoms with Gasteiger partial charge >= 0.3 is 0 Å². The molecule has 1 aromatic heterocycles. The van der Waals surface area contributed by atoms with Crippen molar-refractivity contribution in [1.29, 1.82) is 0 Å². The number of carbonyl (C=O) groups excluding carboxylic acids is 1. The summed E-state index contributed by atoms with van der Waals surface area (Å²) in [7, 11) is 1.72. The summed E-state index contributed by atoms with van der Waals surface area (Å²) in [4.78, 5) is 15.3. The third kappa shape index (κ3) is 4.60. The molecular formula is C18H21ClFN3O2. The average Bonchev–Trinajstić information content (AvgIpc) is 2.57. The first-order chi connectivity index (χ1) is 11.8. The second-order valence-electron chi connectivity index (χ2n) is 5.70. The van der Waals surface area contributed by atoms with Crippen molar-refractivity contribution in [2.45, 2.75) is 33.4 Å². The molecule has 7 heteroatoms. The van der Waals surface area contributed by atoms with Crippen molar-refractivity contribution in [3.8, 4) is 5.75 Å². The Bertz CT molecular complexity index is 783. The number of halogens is 2. The Kier molecular flexibility index (Phi) is 6.20. The van der Waals surface area contributed by atoms with E-state index in [0.717, 1.165) is 11.1 Å². The van der Waals surface area contributed by atoms with Crippen molar-refractivity contribution in [3.63, 3.8) is 0 Å². The van der Waals surface area contributed by atoms with Gasteiger partial charge in [0.25, 0.3) is 0 Å². The molecule has 1 aromatic carbocycles. The van der Waals surface area contributed by atoms with E-state index in [0.29, 0.717) is 28.7 Å². The molecular weight excluding hydrogens is 345 g/mol. The number of aryl methyl sites for hydroxylation is 1. The van der Waals surface area contributed by atoms with Crippen LogP contribution in [0.1, 0.15) is 36.6 Å². The summed E-state index contributed by atoms with van der Waals surface area (Å²) >= 11 is 6.25. The molecule has 2 N–H and O–H groups in total. The second kappa shape index (κ2) is 8.16. The quantitative estimate of drug-likeness (QED) is 0.812. The van der Waals surface area contributed by atoms with Crippen molar-refractivity contribution in [3.05, 3.63) is 51.9 Å². The number of pyridine rings is 1. The number of ether oxygens (including phenoxy) is 1. The highest BCUT2D eigenvalue weighted by atomic mass is 35.5. The Balaban J connectivity index is 2.30. The van der Waals surface area contributed by atoms with Crippen molar-refractivity contribution in [2.75, 3.05) is 12.4 Å². The maximum Gasteiger partial charge on any atom is 0.217 e. The average molecular weight is 366 g/mol. The van der Waals surface area contributed by atoms with Gasteiger partial charge < -0.3 is 15.4 Å². The Morgan fingerprint density at radius 3 is 2.80 bits per heavy atom. The molecule has 0 aliphatic rings. The molecule has 0 spiro atoms. The Morgan fingerprint density at radius 1 is 1.44 bits per heavy atom. The van der Waals surface area contributed by atoms with E-state index in [1.165, 1.54) is 13.0 Å². The van der Waals surface area contributed by atoms with Gasteiger partial charge in [0.1, 0.15) is 11.9 Å². The molecule has 1 unspecified atom stereocenters. The summed E-state index contributed by atoms with van der Waals surface area (Å²) in [5.41, 5.74) is 1.85. The van der Waals surface area contributed by atoms with Gasteiger partial charge in [-0.3, -0.25) is 4.79 Å². The fourth-order valence-corrected chi connectivity index (χ4v) is 2.69. The first kappa shape index (κ1) is 19.0. The molecule has 1 atom stereocenters. The molecule has 5 nitrogen and oxygen atoms in total. The minimum absolute atomic E-state index is 0.137. The van der Waals surface area contributed by atoms with Crippen molar-refractivity contribution in [1.82, 2.24) is 10.3 Å². The third-order valence-electron chi connectivity index (χ3n) is 3.72. The molecule has 2 rings (SSSR count). The molecule has 1 heterocycles. The lowest BCUT2D eigenvalue weighted by Crippen LogP contribution is -2.19. The normalized spacial score (nSPS) is 11.8. The number of rotatable bonds is 6. The molecule has 0 radical (unpaired) electrons. The number of benzene rings is 1. The van der Waals surface area contributed by atoms with Crippen LogP contribution in [0.15, 0.2) is 24.4 Å². The van der Waals surface area contributed by atoms with E-state index in [1.54, 1.807) is 32.3 Å². The van der Waals surface area contributed by atoms with E-state index < -0.39 is 11.9 Å². The van der Waals surface area contributed by atoms with E-state index in [4.69, 9.17) is 16.3 Å². The fraction of sp³-hybridized carbons (Fsp3) is 0.333. The van der Waals surface area contributed by atoms with Crippen LogP contribution >= 0.6 is 11.6 Å². The van der Waals surface area contributed by atoms with Gasteiger partial charge in [0.15, 0.2) is 11.6 Å². The number of amides is 1. The van der Waals surface area contributed by atoms with Crippen molar-refractivity contribution < 1.29 is 13.9 Å². The number of nitrogens with one attached hydrogen (secondary N) is 2. The van der Waals surface area contributed by atoms with E-state index >= 15 is 0 Å². The predicted octanol–water partition coefficient (Wildman–Crippen LogP) is 4.00. The summed E-state index contributed by atoms with van der Waals surface area (Å²) in [6, 6.07) is 4.76. The number of anilines is 1. The predicted molar refractivity (Wildman–Crippen MR) is 96.5 cm³/mol. The van der Waals surface area contributed by atoms with Crippen LogP contribution in [0.5, 0.6) is 5.75 Å². The molecule has 0 fully saturated rings. The maximum atomic E-state index is 14.2.